The predicted molar refractivity (Wildman–Crippen MR) is 39.8 cm³/mol. The summed E-state index contributed by atoms with van der Waals surface area (Å²) in [6.45, 7) is 4.35. The number of aliphatic hydroxyl groups is 1. The van der Waals surface area contributed by atoms with Crippen LogP contribution in [0.3, 0.4) is 0 Å². The third-order valence-electron chi connectivity index (χ3n) is 1.82. The fraction of sp³-hybridized carbons (Fsp3) is 0.750. The van der Waals surface area contributed by atoms with Gasteiger partial charge in [-0.15, -0.1) is 6.58 Å². The quantitative estimate of drug-likeness (QED) is 0.555. The lowest BCUT2D eigenvalue weighted by Gasteiger charge is -2.15. The minimum absolute atomic E-state index is 0.137. The Hall–Kier alpha value is -0.340. The molecule has 0 bridgehead atoms. The van der Waals surface area contributed by atoms with E-state index in [0.29, 0.717) is 0 Å². The van der Waals surface area contributed by atoms with Crippen molar-refractivity contribution in [1.82, 2.24) is 0 Å². The fourth-order valence-electron chi connectivity index (χ4n) is 1.18. The van der Waals surface area contributed by atoms with Gasteiger partial charge in [0.25, 0.3) is 0 Å². The fourth-order valence-corrected chi connectivity index (χ4v) is 1.18. The number of hydrogen-bond acceptors (Lipinski definition) is 2. The van der Waals surface area contributed by atoms with Crippen molar-refractivity contribution in [2.24, 2.45) is 0 Å². The molecule has 0 spiro atoms. The number of aliphatic hydroxyl groups excluding tert-OH is 1. The Morgan fingerprint density at radius 3 is 3.00 bits per heavy atom. The molecule has 2 atom stereocenters. The van der Waals surface area contributed by atoms with Crippen LogP contribution in [-0.2, 0) is 4.74 Å². The molecular weight excluding hydrogens is 128 g/mol. The number of rotatable bonds is 1. The Kier molecular flexibility index (Phi) is 2.90. The highest BCUT2D eigenvalue weighted by molar-refractivity contribution is 4.87. The summed E-state index contributed by atoms with van der Waals surface area (Å²) in [4.78, 5) is 0. The average Bonchev–Trinajstić information content (AvgIpc) is 2.13. The van der Waals surface area contributed by atoms with E-state index >= 15 is 0 Å². The third kappa shape index (κ3) is 1.82. The van der Waals surface area contributed by atoms with E-state index in [0.717, 1.165) is 25.9 Å². The van der Waals surface area contributed by atoms with E-state index in [2.05, 4.69) is 6.58 Å². The van der Waals surface area contributed by atoms with Gasteiger partial charge in [-0.3, -0.25) is 0 Å². The van der Waals surface area contributed by atoms with Crippen LogP contribution in [0.25, 0.3) is 0 Å². The van der Waals surface area contributed by atoms with Crippen LogP contribution in [0.2, 0.25) is 0 Å². The third-order valence-corrected chi connectivity index (χ3v) is 1.82. The summed E-state index contributed by atoms with van der Waals surface area (Å²) in [5.41, 5.74) is 0. The van der Waals surface area contributed by atoms with Gasteiger partial charge in [0.1, 0.15) is 6.10 Å². The van der Waals surface area contributed by atoms with Crippen molar-refractivity contribution < 1.29 is 9.84 Å². The zero-order chi connectivity index (χ0) is 7.40. The molecule has 1 heterocycles. The second kappa shape index (κ2) is 3.74. The lowest BCUT2D eigenvalue weighted by Crippen LogP contribution is -2.24. The Balaban J connectivity index is 2.43. The van der Waals surface area contributed by atoms with Crippen molar-refractivity contribution in [2.75, 3.05) is 6.61 Å². The first-order valence-corrected chi connectivity index (χ1v) is 3.77. The van der Waals surface area contributed by atoms with Gasteiger partial charge in [0.15, 0.2) is 0 Å². The molecule has 2 heteroatoms. The molecule has 1 N–H and O–H groups in total. The molecule has 0 aromatic rings. The molecule has 1 rings (SSSR count). The summed E-state index contributed by atoms with van der Waals surface area (Å²) in [6, 6.07) is 0. The first-order valence-electron chi connectivity index (χ1n) is 3.77. The molecule has 0 aliphatic carbocycles. The van der Waals surface area contributed by atoms with Crippen molar-refractivity contribution in [1.29, 1.82) is 0 Å². The Labute approximate surface area is 61.5 Å². The van der Waals surface area contributed by atoms with Gasteiger partial charge in [-0.1, -0.05) is 6.08 Å². The normalized spacial score (nSPS) is 34.9. The van der Waals surface area contributed by atoms with Gasteiger partial charge in [0.2, 0.25) is 0 Å². The molecule has 0 aromatic heterocycles. The van der Waals surface area contributed by atoms with E-state index in [1.807, 2.05) is 0 Å². The molecule has 0 amide bonds. The number of ether oxygens (including phenoxy) is 1. The summed E-state index contributed by atoms with van der Waals surface area (Å²) < 4.78 is 5.30. The van der Waals surface area contributed by atoms with E-state index in [1.54, 1.807) is 6.08 Å². The van der Waals surface area contributed by atoms with E-state index in [9.17, 15) is 5.11 Å². The molecule has 10 heavy (non-hydrogen) atoms. The second-order valence-electron chi connectivity index (χ2n) is 2.63. The molecular formula is C8H14O2. The first kappa shape index (κ1) is 7.76. The monoisotopic (exact) mass is 142 g/mol. The van der Waals surface area contributed by atoms with Gasteiger partial charge in [-0.2, -0.15) is 0 Å². The molecule has 0 saturated carbocycles. The number of hydrogen-bond donors (Lipinski definition) is 1. The van der Waals surface area contributed by atoms with Gasteiger partial charge in [-0.25, -0.2) is 0 Å². The maximum absolute atomic E-state index is 9.35. The molecule has 0 aromatic carbocycles. The molecule has 2 nitrogen and oxygen atoms in total. The lowest BCUT2D eigenvalue weighted by atomic mass is 10.1. The van der Waals surface area contributed by atoms with Gasteiger partial charge in [0.05, 0.1) is 6.10 Å². The highest BCUT2D eigenvalue weighted by Crippen LogP contribution is 2.14. The van der Waals surface area contributed by atoms with Crippen LogP contribution >= 0.6 is 0 Å². The van der Waals surface area contributed by atoms with Crippen LogP contribution < -0.4 is 0 Å². The Morgan fingerprint density at radius 1 is 1.50 bits per heavy atom. The Bertz CT molecular complexity index is 112. The highest BCUT2D eigenvalue weighted by Gasteiger charge is 2.18. The molecule has 1 aliphatic rings. The predicted octanol–water partition coefficient (Wildman–Crippen LogP) is 1.10. The van der Waals surface area contributed by atoms with Crippen molar-refractivity contribution in [3.05, 3.63) is 12.7 Å². The smallest absolute Gasteiger partial charge is 0.101 e. The minimum atomic E-state index is -0.333. The van der Waals surface area contributed by atoms with Crippen LogP contribution in [0, 0.1) is 0 Å². The van der Waals surface area contributed by atoms with E-state index in [4.69, 9.17) is 4.74 Å². The maximum Gasteiger partial charge on any atom is 0.101 e. The lowest BCUT2D eigenvalue weighted by molar-refractivity contribution is 0.00365. The van der Waals surface area contributed by atoms with Crippen molar-refractivity contribution >= 4 is 0 Å². The highest BCUT2D eigenvalue weighted by atomic mass is 16.5. The zero-order valence-electron chi connectivity index (χ0n) is 6.12. The zero-order valence-corrected chi connectivity index (χ0v) is 6.12. The van der Waals surface area contributed by atoms with E-state index < -0.39 is 0 Å². The summed E-state index contributed by atoms with van der Waals surface area (Å²) in [5.74, 6) is 0. The minimum Gasteiger partial charge on any atom is -0.390 e. The molecule has 1 aliphatic heterocycles. The standard InChI is InChI=1S/C8H14O2/c1-2-8-7(9)5-3-4-6-10-8/h2,7-9H,1,3-6H2/t7-,8+/m0/s1. The van der Waals surface area contributed by atoms with Crippen LogP contribution in [0.4, 0.5) is 0 Å². The van der Waals surface area contributed by atoms with E-state index in [1.165, 1.54) is 0 Å². The molecule has 1 saturated heterocycles. The maximum atomic E-state index is 9.35. The van der Waals surface area contributed by atoms with E-state index in [-0.39, 0.29) is 12.2 Å². The second-order valence-corrected chi connectivity index (χ2v) is 2.63. The average molecular weight is 142 g/mol. The first-order chi connectivity index (χ1) is 4.84. The van der Waals surface area contributed by atoms with Crippen LogP contribution in [0.5, 0.6) is 0 Å². The molecule has 58 valence electrons. The summed E-state index contributed by atoms with van der Waals surface area (Å²) >= 11 is 0. The van der Waals surface area contributed by atoms with Gasteiger partial charge >= 0.3 is 0 Å². The largest absolute Gasteiger partial charge is 0.390 e. The van der Waals surface area contributed by atoms with Crippen LogP contribution in [0.1, 0.15) is 19.3 Å². The van der Waals surface area contributed by atoms with Crippen molar-refractivity contribution in [3.63, 3.8) is 0 Å². The van der Waals surface area contributed by atoms with Gasteiger partial charge in [0, 0.05) is 6.61 Å². The van der Waals surface area contributed by atoms with Crippen LogP contribution in [0.15, 0.2) is 12.7 Å². The summed E-state index contributed by atoms with van der Waals surface area (Å²) in [7, 11) is 0. The van der Waals surface area contributed by atoms with Crippen molar-refractivity contribution in [3.8, 4) is 0 Å². The topological polar surface area (TPSA) is 29.5 Å². The summed E-state index contributed by atoms with van der Waals surface area (Å²) in [6.07, 6.45) is 4.17. The van der Waals surface area contributed by atoms with Gasteiger partial charge < -0.3 is 9.84 Å². The molecule has 0 unspecified atom stereocenters. The molecule has 1 fully saturated rings. The van der Waals surface area contributed by atoms with Crippen LogP contribution in [-0.4, -0.2) is 23.9 Å². The molecule has 0 radical (unpaired) electrons. The summed E-state index contributed by atoms with van der Waals surface area (Å²) in [5, 5.41) is 9.35. The van der Waals surface area contributed by atoms with Gasteiger partial charge in [-0.05, 0) is 19.3 Å². The Morgan fingerprint density at radius 2 is 2.30 bits per heavy atom. The van der Waals surface area contributed by atoms with Crippen molar-refractivity contribution in [2.45, 2.75) is 31.5 Å². The SMILES string of the molecule is C=C[C@H]1OCCCC[C@@H]1O.